The molecule has 30 heavy (non-hydrogen) atoms. The normalized spacial score (nSPS) is 11.5. The van der Waals surface area contributed by atoms with Crippen LogP contribution in [0.4, 0.5) is 5.13 Å². The predicted molar refractivity (Wildman–Crippen MR) is 120 cm³/mol. The van der Waals surface area contributed by atoms with Gasteiger partial charge in [0.2, 0.25) is 5.91 Å². The number of anilines is 1. The van der Waals surface area contributed by atoms with Gasteiger partial charge >= 0.3 is 0 Å². The fourth-order valence-electron chi connectivity index (χ4n) is 2.83. The number of amides is 1. The van der Waals surface area contributed by atoms with Gasteiger partial charge in [0.25, 0.3) is 0 Å². The predicted octanol–water partition coefficient (Wildman–Crippen LogP) is 4.65. The van der Waals surface area contributed by atoms with E-state index in [4.69, 9.17) is 10.00 Å². The third kappa shape index (κ3) is 6.87. The van der Waals surface area contributed by atoms with E-state index < -0.39 is 0 Å². The van der Waals surface area contributed by atoms with Crippen LogP contribution in [0.2, 0.25) is 0 Å². The first-order chi connectivity index (χ1) is 14.5. The molecule has 0 unspecified atom stereocenters. The van der Waals surface area contributed by atoms with Crippen LogP contribution in [0.25, 0.3) is 0 Å². The summed E-state index contributed by atoms with van der Waals surface area (Å²) in [6.45, 7) is 3.94. The molecule has 0 saturated carbocycles. The fraction of sp³-hybridized carbons (Fsp3) is 0.273. The first-order valence-electron chi connectivity index (χ1n) is 9.45. The maximum Gasteiger partial charge on any atom is 0.232 e. The molecule has 0 aliphatic carbocycles. The second-order valence-electron chi connectivity index (χ2n) is 6.70. The number of carbonyl (C=O) groups excluding carboxylic acids is 1. The van der Waals surface area contributed by atoms with Gasteiger partial charge in [-0.1, -0.05) is 42.1 Å². The minimum Gasteiger partial charge on any atom is -0.490 e. The van der Waals surface area contributed by atoms with E-state index in [1.165, 1.54) is 28.7 Å². The fourth-order valence-corrected chi connectivity index (χ4v) is 4.11. The molecule has 0 aliphatic rings. The Kier molecular flexibility index (Phi) is 7.82. The number of hydrogen-bond donors (Lipinski definition) is 1. The minimum absolute atomic E-state index is 0.0522. The number of nitriles is 1. The molecular weight excluding hydrogens is 416 g/mol. The summed E-state index contributed by atoms with van der Waals surface area (Å²) in [5.74, 6) is 0.726. The number of nitrogens with zero attached hydrogens (tertiary/aromatic N) is 3. The van der Waals surface area contributed by atoms with Gasteiger partial charge < -0.3 is 10.1 Å². The third-order valence-corrected chi connectivity index (χ3v) is 5.63. The summed E-state index contributed by atoms with van der Waals surface area (Å²) in [4.78, 5) is 22.1. The molecule has 0 aliphatic heterocycles. The maximum absolute atomic E-state index is 12.4. The summed E-state index contributed by atoms with van der Waals surface area (Å²) in [7, 11) is 0. The summed E-state index contributed by atoms with van der Waals surface area (Å²) in [6.07, 6.45) is 2.53. The zero-order valence-electron chi connectivity index (χ0n) is 16.8. The Bertz CT molecular complexity index is 1030. The lowest BCUT2D eigenvalue weighted by Gasteiger charge is -2.16. The molecule has 1 N–H and O–H groups in total. The highest BCUT2D eigenvalue weighted by Crippen LogP contribution is 2.24. The Labute approximate surface area is 184 Å². The molecule has 2 heterocycles. The van der Waals surface area contributed by atoms with Crippen LogP contribution in [0.15, 0.2) is 53.7 Å². The summed E-state index contributed by atoms with van der Waals surface area (Å²) < 4.78 is 6.10. The summed E-state index contributed by atoms with van der Waals surface area (Å²) in [5, 5.41) is 12.9. The molecule has 3 rings (SSSR count). The zero-order valence-corrected chi connectivity index (χ0v) is 18.4. The van der Waals surface area contributed by atoms with Crippen molar-refractivity contribution < 1.29 is 9.53 Å². The monoisotopic (exact) mass is 438 g/mol. The van der Waals surface area contributed by atoms with Crippen molar-refractivity contribution in [3.05, 3.63) is 64.8 Å². The minimum atomic E-state index is -0.192. The molecule has 2 aromatic heterocycles. The number of aromatic nitrogens is 2. The molecule has 0 radical (unpaired) electrons. The number of ether oxygens (including phenoxy) is 1. The maximum atomic E-state index is 12.4. The SMILES string of the molecule is Cc1cnc(NC(=O)Cc2cc(O[C@@H](C)Cc3ccccc3)cc(SCC#N)n2)s1. The molecular formula is C22H22N4O2S2. The van der Waals surface area contributed by atoms with Gasteiger partial charge in [0, 0.05) is 29.6 Å². The molecule has 0 bridgehead atoms. The van der Waals surface area contributed by atoms with Gasteiger partial charge in [-0.15, -0.1) is 11.3 Å². The number of aryl methyl sites for hydroxylation is 1. The van der Waals surface area contributed by atoms with Gasteiger partial charge in [0.05, 0.1) is 30.0 Å². The van der Waals surface area contributed by atoms with Crippen molar-refractivity contribution in [2.24, 2.45) is 0 Å². The highest BCUT2D eigenvalue weighted by molar-refractivity contribution is 7.99. The highest BCUT2D eigenvalue weighted by Gasteiger charge is 2.13. The van der Waals surface area contributed by atoms with E-state index in [-0.39, 0.29) is 24.2 Å². The second-order valence-corrected chi connectivity index (χ2v) is 8.93. The molecule has 154 valence electrons. The summed E-state index contributed by atoms with van der Waals surface area (Å²) in [5.41, 5.74) is 1.78. The number of hydrogen-bond acceptors (Lipinski definition) is 7. The third-order valence-electron chi connectivity index (χ3n) is 4.03. The van der Waals surface area contributed by atoms with Crippen LogP contribution in [-0.2, 0) is 17.6 Å². The van der Waals surface area contributed by atoms with Crippen molar-refractivity contribution in [1.29, 1.82) is 5.26 Å². The summed E-state index contributed by atoms with van der Waals surface area (Å²) >= 11 is 2.75. The Morgan fingerprint density at radius 2 is 2.13 bits per heavy atom. The topological polar surface area (TPSA) is 87.9 Å². The molecule has 8 heteroatoms. The summed E-state index contributed by atoms with van der Waals surface area (Å²) in [6, 6.07) is 15.8. The molecule has 1 amide bonds. The Morgan fingerprint density at radius 3 is 2.83 bits per heavy atom. The van der Waals surface area contributed by atoms with E-state index in [1.54, 1.807) is 12.3 Å². The Morgan fingerprint density at radius 1 is 1.33 bits per heavy atom. The molecule has 0 saturated heterocycles. The number of thioether (sulfide) groups is 1. The van der Waals surface area contributed by atoms with E-state index in [0.29, 0.717) is 21.6 Å². The van der Waals surface area contributed by atoms with Crippen molar-refractivity contribution in [2.75, 3.05) is 11.1 Å². The number of thiazole rings is 1. The Hall–Kier alpha value is -2.89. The Balaban J connectivity index is 1.70. The van der Waals surface area contributed by atoms with Crippen LogP contribution >= 0.6 is 23.1 Å². The largest absolute Gasteiger partial charge is 0.490 e. The van der Waals surface area contributed by atoms with Gasteiger partial charge in [-0.2, -0.15) is 5.26 Å². The molecule has 0 spiro atoms. The lowest BCUT2D eigenvalue weighted by Crippen LogP contribution is -2.17. The van der Waals surface area contributed by atoms with Crippen LogP contribution in [0.1, 0.15) is 23.1 Å². The van der Waals surface area contributed by atoms with Crippen molar-refractivity contribution >= 4 is 34.1 Å². The molecule has 0 fully saturated rings. The number of rotatable bonds is 9. The van der Waals surface area contributed by atoms with Crippen molar-refractivity contribution in [2.45, 2.75) is 37.8 Å². The van der Waals surface area contributed by atoms with Gasteiger partial charge in [0.15, 0.2) is 5.13 Å². The van der Waals surface area contributed by atoms with E-state index in [9.17, 15) is 4.79 Å². The van der Waals surface area contributed by atoms with E-state index in [2.05, 4.69) is 33.5 Å². The van der Waals surface area contributed by atoms with Gasteiger partial charge in [-0.25, -0.2) is 9.97 Å². The smallest absolute Gasteiger partial charge is 0.232 e. The lowest BCUT2D eigenvalue weighted by molar-refractivity contribution is -0.115. The first kappa shape index (κ1) is 21.8. The standard InChI is InChI=1S/C22H22N4O2S2/c1-15(10-17-6-4-3-5-7-17)28-19-11-18(25-21(13-19)29-9-8-23)12-20(27)26-22-24-14-16(2)30-22/h3-7,11,13-15H,9-10,12H2,1-2H3,(H,24,26,27)/t15-/m0/s1. The average molecular weight is 439 g/mol. The number of benzene rings is 1. The first-order valence-corrected chi connectivity index (χ1v) is 11.3. The quantitative estimate of drug-likeness (QED) is 0.489. The van der Waals surface area contributed by atoms with Gasteiger partial charge in [-0.05, 0) is 19.4 Å². The van der Waals surface area contributed by atoms with Crippen LogP contribution in [0.5, 0.6) is 5.75 Å². The van der Waals surface area contributed by atoms with Crippen LogP contribution in [0, 0.1) is 18.3 Å². The van der Waals surface area contributed by atoms with E-state index >= 15 is 0 Å². The van der Waals surface area contributed by atoms with Crippen molar-refractivity contribution in [1.82, 2.24) is 9.97 Å². The highest BCUT2D eigenvalue weighted by atomic mass is 32.2. The van der Waals surface area contributed by atoms with Crippen LogP contribution < -0.4 is 10.1 Å². The van der Waals surface area contributed by atoms with E-state index in [1.807, 2.05) is 38.1 Å². The number of nitrogens with one attached hydrogen (secondary N) is 1. The van der Waals surface area contributed by atoms with Crippen molar-refractivity contribution in [3.8, 4) is 11.8 Å². The zero-order chi connectivity index (χ0) is 21.3. The second kappa shape index (κ2) is 10.8. The van der Waals surface area contributed by atoms with Gasteiger partial charge in [0.1, 0.15) is 10.8 Å². The van der Waals surface area contributed by atoms with Crippen molar-refractivity contribution in [3.63, 3.8) is 0 Å². The lowest BCUT2D eigenvalue weighted by atomic mass is 10.1. The molecule has 3 aromatic rings. The van der Waals surface area contributed by atoms with E-state index in [0.717, 1.165) is 11.3 Å². The van der Waals surface area contributed by atoms with Crippen LogP contribution in [0.3, 0.4) is 0 Å². The molecule has 6 nitrogen and oxygen atoms in total. The molecule has 1 atom stereocenters. The molecule has 1 aromatic carbocycles. The van der Waals surface area contributed by atoms with Crippen LogP contribution in [-0.4, -0.2) is 27.7 Å². The number of carbonyl (C=O) groups is 1. The average Bonchev–Trinajstić information content (AvgIpc) is 3.11. The number of pyridine rings is 1. The van der Waals surface area contributed by atoms with Gasteiger partial charge in [-0.3, -0.25) is 4.79 Å².